The van der Waals surface area contributed by atoms with E-state index in [9.17, 15) is 0 Å². The van der Waals surface area contributed by atoms with Crippen LogP contribution in [0.5, 0.6) is 0 Å². The van der Waals surface area contributed by atoms with Gasteiger partial charge in [-0.15, -0.1) is 0 Å². The Morgan fingerprint density at radius 2 is 2.50 bits per heavy atom. The number of hydrogen-bond acceptors (Lipinski definition) is 3. The van der Waals surface area contributed by atoms with Gasteiger partial charge < -0.3 is 10.6 Å². The largest absolute Gasteiger partial charge is 0.315 e. The van der Waals surface area contributed by atoms with Crippen molar-refractivity contribution in [2.75, 3.05) is 13.1 Å². The van der Waals surface area contributed by atoms with Crippen molar-refractivity contribution < 1.29 is 0 Å². The fourth-order valence-corrected chi connectivity index (χ4v) is 1.77. The van der Waals surface area contributed by atoms with Gasteiger partial charge in [-0.1, -0.05) is 6.07 Å². The molecule has 0 spiro atoms. The normalized spacial score (nSPS) is 26.6. The zero-order chi connectivity index (χ0) is 9.86. The molecule has 1 unspecified atom stereocenters. The second-order valence-corrected chi connectivity index (χ2v) is 4.16. The molecular weight excluding hydrogens is 174 g/mol. The summed E-state index contributed by atoms with van der Waals surface area (Å²) < 4.78 is 0. The average molecular weight is 191 g/mol. The molecule has 2 rings (SSSR count). The summed E-state index contributed by atoms with van der Waals surface area (Å²) >= 11 is 0. The molecule has 0 amide bonds. The second kappa shape index (κ2) is 4.07. The molecule has 2 N–H and O–H groups in total. The first-order valence-corrected chi connectivity index (χ1v) is 5.14. The minimum absolute atomic E-state index is 0.248. The van der Waals surface area contributed by atoms with Crippen molar-refractivity contribution in [1.82, 2.24) is 15.6 Å². The molecule has 0 aromatic carbocycles. The number of rotatable bonds is 3. The highest BCUT2D eigenvalue weighted by atomic mass is 15.1. The van der Waals surface area contributed by atoms with Gasteiger partial charge in [0.25, 0.3) is 0 Å². The summed E-state index contributed by atoms with van der Waals surface area (Å²) in [6.07, 6.45) is 3.03. The smallest absolute Gasteiger partial charge is 0.0541 e. The molecule has 3 nitrogen and oxygen atoms in total. The summed E-state index contributed by atoms with van der Waals surface area (Å²) in [6.45, 7) is 5.29. The van der Waals surface area contributed by atoms with E-state index >= 15 is 0 Å². The Morgan fingerprint density at radius 1 is 1.57 bits per heavy atom. The fraction of sp³-hybridized carbons (Fsp3) is 0.545. The monoisotopic (exact) mass is 191 g/mol. The van der Waals surface area contributed by atoms with Gasteiger partial charge in [0.15, 0.2) is 0 Å². The third kappa shape index (κ3) is 2.30. The summed E-state index contributed by atoms with van der Waals surface area (Å²) in [4.78, 5) is 4.29. The predicted octanol–water partition coefficient (Wildman–Crippen LogP) is 0.923. The van der Waals surface area contributed by atoms with Crippen LogP contribution in [0, 0.1) is 0 Å². The zero-order valence-electron chi connectivity index (χ0n) is 8.59. The van der Waals surface area contributed by atoms with Crippen molar-refractivity contribution in [3.05, 3.63) is 30.1 Å². The maximum atomic E-state index is 4.29. The highest BCUT2D eigenvalue weighted by Gasteiger charge is 2.27. The van der Waals surface area contributed by atoms with E-state index in [1.54, 1.807) is 0 Å². The fourth-order valence-electron chi connectivity index (χ4n) is 1.77. The molecule has 0 radical (unpaired) electrons. The Labute approximate surface area is 84.9 Å². The van der Waals surface area contributed by atoms with Crippen LogP contribution in [0.3, 0.4) is 0 Å². The van der Waals surface area contributed by atoms with Gasteiger partial charge in [-0.05, 0) is 32.0 Å². The lowest BCUT2D eigenvalue weighted by Crippen LogP contribution is -2.43. The molecule has 0 aliphatic carbocycles. The van der Waals surface area contributed by atoms with Crippen LogP contribution in [-0.4, -0.2) is 23.6 Å². The van der Waals surface area contributed by atoms with Gasteiger partial charge in [0.05, 0.1) is 5.69 Å². The minimum atomic E-state index is 0.248. The van der Waals surface area contributed by atoms with E-state index in [0.717, 1.165) is 25.3 Å². The lowest BCUT2D eigenvalue weighted by molar-refractivity contribution is 0.383. The Kier molecular flexibility index (Phi) is 2.79. The van der Waals surface area contributed by atoms with E-state index in [2.05, 4.69) is 28.6 Å². The number of hydrogen-bond donors (Lipinski definition) is 2. The second-order valence-electron chi connectivity index (χ2n) is 4.16. The lowest BCUT2D eigenvalue weighted by atomic mass is 10.0. The van der Waals surface area contributed by atoms with E-state index in [1.165, 1.54) is 6.42 Å². The third-order valence-corrected chi connectivity index (χ3v) is 2.79. The Balaban J connectivity index is 1.88. The molecule has 1 aliphatic heterocycles. The van der Waals surface area contributed by atoms with Crippen molar-refractivity contribution in [2.24, 2.45) is 0 Å². The van der Waals surface area contributed by atoms with E-state index in [0.29, 0.717) is 0 Å². The van der Waals surface area contributed by atoms with Gasteiger partial charge in [-0.25, -0.2) is 0 Å². The van der Waals surface area contributed by atoms with Crippen LogP contribution in [0.2, 0.25) is 0 Å². The maximum absolute atomic E-state index is 4.29. The first-order chi connectivity index (χ1) is 6.79. The zero-order valence-corrected chi connectivity index (χ0v) is 8.59. The van der Waals surface area contributed by atoms with Crippen LogP contribution in [0.4, 0.5) is 0 Å². The Morgan fingerprint density at radius 3 is 3.14 bits per heavy atom. The number of pyridine rings is 1. The van der Waals surface area contributed by atoms with Gasteiger partial charge in [0.1, 0.15) is 0 Å². The Hall–Kier alpha value is -0.930. The average Bonchev–Trinajstić information content (AvgIpc) is 2.65. The number of aromatic nitrogens is 1. The quantitative estimate of drug-likeness (QED) is 0.746. The highest BCUT2D eigenvalue weighted by molar-refractivity contribution is 5.04. The molecule has 1 saturated heterocycles. The minimum Gasteiger partial charge on any atom is -0.315 e. The highest BCUT2D eigenvalue weighted by Crippen LogP contribution is 2.13. The molecule has 1 aliphatic rings. The van der Waals surface area contributed by atoms with Crippen LogP contribution < -0.4 is 10.6 Å². The topological polar surface area (TPSA) is 37.0 Å². The molecule has 0 saturated carbocycles. The van der Waals surface area contributed by atoms with Crippen LogP contribution in [0.25, 0.3) is 0 Å². The van der Waals surface area contributed by atoms with Crippen LogP contribution in [-0.2, 0) is 6.54 Å². The van der Waals surface area contributed by atoms with Crippen LogP contribution >= 0.6 is 0 Å². The molecule has 0 bridgehead atoms. The lowest BCUT2D eigenvalue weighted by Gasteiger charge is -2.24. The summed E-state index contributed by atoms with van der Waals surface area (Å²) in [5.74, 6) is 0. The van der Waals surface area contributed by atoms with Crippen molar-refractivity contribution in [3.63, 3.8) is 0 Å². The molecular formula is C11H17N3. The van der Waals surface area contributed by atoms with Gasteiger partial charge >= 0.3 is 0 Å². The molecule has 14 heavy (non-hydrogen) atoms. The molecule has 1 fully saturated rings. The Bertz CT molecular complexity index is 278. The van der Waals surface area contributed by atoms with E-state index in [4.69, 9.17) is 0 Å². The van der Waals surface area contributed by atoms with Gasteiger partial charge in [-0.3, -0.25) is 4.98 Å². The van der Waals surface area contributed by atoms with E-state index in [1.807, 2.05) is 18.3 Å². The SMILES string of the molecule is CC1(NCc2ccccn2)CCNC1. The van der Waals surface area contributed by atoms with Gasteiger partial charge in [-0.2, -0.15) is 0 Å². The van der Waals surface area contributed by atoms with Gasteiger partial charge in [0.2, 0.25) is 0 Å². The molecule has 1 aromatic rings. The molecule has 1 aromatic heterocycles. The van der Waals surface area contributed by atoms with Crippen molar-refractivity contribution >= 4 is 0 Å². The standard InChI is InChI=1S/C11H17N3/c1-11(5-7-12-9-11)14-8-10-4-2-3-6-13-10/h2-4,6,12,14H,5,7-9H2,1H3. The van der Waals surface area contributed by atoms with Crippen molar-refractivity contribution in [2.45, 2.75) is 25.4 Å². The summed E-state index contributed by atoms with van der Waals surface area (Å²) in [5, 5.41) is 6.92. The summed E-state index contributed by atoms with van der Waals surface area (Å²) in [6, 6.07) is 6.03. The first kappa shape index (κ1) is 9.62. The predicted molar refractivity (Wildman–Crippen MR) is 57.0 cm³/mol. The van der Waals surface area contributed by atoms with Crippen molar-refractivity contribution in [1.29, 1.82) is 0 Å². The third-order valence-electron chi connectivity index (χ3n) is 2.79. The molecule has 1 atom stereocenters. The first-order valence-electron chi connectivity index (χ1n) is 5.14. The molecule has 2 heterocycles. The van der Waals surface area contributed by atoms with Crippen molar-refractivity contribution in [3.8, 4) is 0 Å². The van der Waals surface area contributed by atoms with E-state index in [-0.39, 0.29) is 5.54 Å². The molecule has 3 heteroatoms. The molecule has 76 valence electrons. The van der Waals surface area contributed by atoms with Crippen LogP contribution in [0.15, 0.2) is 24.4 Å². The van der Waals surface area contributed by atoms with E-state index < -0.39 is 0 Å². The summed E-state index contributed by atoms with van der Waals surface area (Å²) in [5.41, 5.74) is 1.36. The maximum Gasteiger partial charge on any atom is 0.0541 e. The summed E-state index contributed by atoms with van der Waals surface area (Å²) in [7, 11) is 0. The van der Waals surface area contributed by atoms with Gasteiger partial charge in [0, 0.05) is 24.8 Å². The number of nitrogens with one attached hydrogen (secondary N) is 2. The van der Waals surface area contributed by atoms with Crippen LogP contribution in [0.1, 0.15) is 19.0 Å². The number of nitrogens with zero attached hydrogens (tertiary/aromatic N) is 1.